The van der Waals surface area contributed by atoms with E-state index in [1.165, 1.54) is 12.7 Å². The van der Waals surface area contributed by atoms with E-state index in [-0.39, 0.29) is 5.97 Å². The van der Waals surface area contributed by atoms with Gasteiger partial charge in [0.05, 0.1) is 6.26 Å². The fraction of sp³-hybridized carbons (Fsp3) is 0.615. The van der Waals surface area contributed by atoms with Gasteiger partial charge in [0, 0.05) is 6.42 Å². The van der Waals surface area contributed by atoms with Gasteiger partial charge < -0.3 is 4.74 Å². The van der Waals surface area contributed by atoms with Crippen LogP contribution in [0.1, 0.15) is 47.0 Å². The second-order valence-electron chi connectivity index (χ2n) is 4.07. The van der Waals surface area contributed by atoms with E-state index in [1.807, 2.05) is 13.0 Å². The lowest BCUT2D eigenvalue weighted by atomic mass is 10.1. The van der Waals surface area contributed by atoms with Gasteiger partial charge in [-0.2, -0.15) is 0 Å². The van der Waals surface area contributed by atoms with Crippen LogP contribution < -0.4 is 0 Å². The topological polar surface area (TPSA) is 26.3 Å². The van der Waals surface area contributed by atoms with E-state index in [0.717, 1.165) is 17.9 Å². The first kappa shape index (κ1) is 13.9. The zero-order chi connectivity index (χ0) is 11.7. The molecule has 0 unspecified atom stereocenters. The van der Waals surface area contributed by atoms with Gasteiger partial charge in [-0.05, 0) is 31.8 Å². The Hall–Kier alpha value is -1.05. The summed E-state index contributed by atoms with van der Waals surface area (Å²) >= 11 is 0. The van der Waals surface area contributed by atoms with Crippen molar-refractivity contribution in [3.63, 3.8) is 0 Å². The molecule has 0 radical (unpaired) electrons. The highest BCUT2D eigenvalue weighted by Crippen LogP contribution is 2.07. The normalized spacial score (nSPS) is 12.5. The lowest BCUT2D eigenvalue weighted by Gasteiger charge is -2.00. The van der Waals surface area contributed by atoms with Crippen molar-refractivity contribution in [2.45, 2.75) is 47.0 Å². The zero-order valence-electron chi connectivity index (χ0n) is 10.2. The quantitative estimate of drug-likeness (QED) is 0.378. The second kappa shape index (κ2) is 8.27. The molecule has 0 fully saturated rings. The summed E-state index contributed by atoms with van der Waals surface area (Å²) in [5, 5.41) is 0. The zero-order valence-corrected chi connectivity index (χ0v) is 10.2. The SMILES string of the molecule is CCC(=O)O/C=C/C(C)=C/CCC(C)C. The molecule has 0 N–H and O–H groups in total. The number of rotatable bonds is 6. The molecular formula is C13H22O2. The minimum absolute atomic E-state index is 0.193. The number of hydrogen-bond acceptors (Lipinski definition) is 2. The van der Waals surface area contributed by atoms with Crippen LogP contribution in [0.2, 0.25) is 0 Å². The Labute approximate surface area is 93.0 Å². The summed E-state index contributed by atoms with van der Waals surface area (Å²) in [6.07, 6.45) is 8.15. The van der Waals surface area contributed by atoms with E-state index in [0.29, 0.717) is 6.42 Å². The molecule has 2 heteroatoms. The van der Waals surface area contributed by atoms with Crippen LogP contribution in [0.3, 0.4) is 0 Å². The van der Waals surface area contributed by atoms with Gasteiger partial charge in [0.25, 0.3) is 0 Å². The fourth-order valence-corrected chi connectivity index (χ4v) is 1.01. The molecule has 0 bridgehead atoms. The highest BCUT2D eigenvalue weighted by molar-refractivity contribution is 5.69. The molecule has 15 heavy (non-hydrogen) atoms. The molecule has 2 nitrogen and oxygen atoms in total. The minimum Gasteiger partial charge on any atom is -0.434 e. The maximum absolute atomic E-state index is 10.8. The summed E-state index contributed by atoms with van der Waals surface area (Å²) < 4.78 is 4.83. The van der Waals surface area contributed by atoms with E-state index in [4.69, 9.17) is 4.74 Å². The maximum Gasteiger partial charge on any atom is 0.310 e. The van der Waals surface area contributed by atoms with Crippen LogP contribution in [0, 0.1) is 5.92 Å². The van der Waals surface area contributed by atoms with Gasteiger partial charge in [0.2, 0.25) is 0 Å². The van der Waals surface area contributed by atoms with Gasteiger partial charge in [-0.1, -0.05) is 32.4 Å². The maximum atomic E-state index is 10.8. The summed E-state index contributed by atoms with van der Waals surface area (Å²) in [4.78, 5) is 10.8. The molecule has 0 rings (SSSR count). The number of esters is 1. The Balaban J connectivity index is 3.80. The van der Waals surface area contributed by atoms with E-state index < -0.39 is 0 Å². The Morgan fingerprint density at radius 1 is 1.40 bits per heavy atom. The Morgan fingerprint density at radius 2 is 2.07 bits per heavy atom. The van der Waals surface area contributed by atoms with Crippen LogP contribution in [0.5, 0.6) is 0 Å². The van der Waals surface area contributed by atoms with E-state index in [9.17, 15) is 4.79 Å². The van der Waals surface area contributed by atoms with Crippen molar-refractivity contribution >= 4 is 5.97 Å². The Morgan fingerprint density at radius 3 is 2.60 bits per heavy atom. The van der Waals surface area contributed by atoms with Gasteiger partial charge in [-0.15, -0.1) is 0 Å². The predicted octanol–water partition coefficient (Wildman–Crippen LogP) is 3.84. The van der Waals surface area contributed by atoms with Crippen LogP contribution in [0.4, 0.5) is 0 Å². The standard InChI is InChI=1S/C13H22O2/c1-5-13(14)15-10-9-12(4)8-6-7-11(2)3/h8-11H,5-7H2,1-4H3/b10-9+,12-8+. The average molecular weight is 210 g/mol. The molecule has 0 aliphatic heterocycles. The fourth-order valence-electron chi connectivity index (χ4n) is 1.01. The average Bonchev–Trinajstić information content (AvgIpc) is 2.17. The molecule has 0 spiro atoms. The molecule has 0 saturated heterocycles. The van der Waals surface area contributed by atoms with Gasteiger partial charge >= 0.3 is 5.97 Å². The first-order valence-corrected chi connectivity index (χ1v) is 5.59. The van der Waals surface area contributed by atoms with Crippen molar-refractivity contribution in [3.8, 4) is 0 Å². The first-order valence-electron chi connectivity index (χ1n) is 5.59. The third kappa shape index (κ3) is 9.26. The van der Waals surface area contributed by atoms with Crippen LogP contribution >= 0.6 is 0 Å². The third-order valence-corrected chi connectivity index (χ3v) is 2.03. The lowest BCUT2D eigenvalue weighted by Crippen LogP contribution is -1.95. The summed E-state index contributed by atoms with van der Waals surface area (Å²) in [7, 11) is 0. The predicted molar refractivity (Wildman–Crippen MR) is 63.4 cm³/mol. The summed E-state index contributed by atoms with van der Waals surface area (Å²) in [5.74, 6) is 0.539. The number of carbonyl (C=O) groups excluding carboxylic acids is 1. The van der Waals surface area contributed by atoms with Crippen molar-refractivity contribution in [2.24, 2.45) is 5.92 Å². The van der Waals surface area contributed by atoms with Crippen LogP contribution in [-0.4, -0.2) is 5.97 Å². The van der Waals surface area contributed by atoms with Crippen LogP contribution in [-0.2, 0) is 9.53 Å². The molecule has 0 amide bonds. The molecule has 0 aliphatic rings. The van der Waals surface area contributed by atoms with Crippen molar-refractivity contribution in [2.75, 3.05) is 0 Å². The van der Waals surface area contributed by atoms with Crippen molar-refractivity contribution in [1.82, 2.24) is 0 Å². The van der Waals surface area contributed by atoms with E-state index >= 15 is 0 Å². The second-order valence-corrected chi connectivity index (χ2v) is 4.07. The Kier molecular flexibility index (Phi) is 7.69. The van der Waals surface area contributed by atoms with Gasteiger partial charge in [-0.3, -0.25) is 4.79 Å². The largest absolute Gasteiger partial charge is 0.434 e. The third-order valence-electron chi connectivity index (χ3n) is 2.03. The van der Waals surface area contributed by atoms with Gasteiger partial charge in [0.15, 0.2) is 0 Å². The highest BCUT2D eigenvalue weighted by atomic mass is 16.5. The molecule has 0 aromatic rings. The minimum atomic E-state index is -0.193. The molecule has 0 saturated carbocycles. The van der Waals surface area contributed by atoms with Gasteiger partial charge in [0.1, 0.15) is 0 Å². The number of hydrogen-bond donors (Lipinski definition) is 0. The number of ether oxygens (including phenoxy) is 1. The smallest absolute Gasteiger partial charge is 0.310 e. The summed E-state index contributed by atoms with van der Waals surface area (Å²) in [5.41, 5.74) is 1.14. The molecule has 0 atom stereocenters. The monoisotopic (exact) mass is 210 g/mol. The van der Waals surface area contributed by atoms with E-state index in [2.05, 4.69) is 19.9 Å². The lowest BCUT2D eigenvalue weighted by molar-refractivity contribution is -0.137. The van der Waals surface area contributed by atoms with E-state index in [1.54, 1.807) is 6.92 Å². The molecule has 86 valence electrons. The number of allylic oxidation sites excluding steroid dienone is 3. The summed E-state index contributed by atoms with van der Waals surface area (Å²) in [6.45, 7) is 8.21. The number of carbonyl (C=O) groups is 1. The van der Waals surface area contributed by atoms with Crippen molar-refractivity contribution < 1.29 is 9.53 Å². The van der Waals surface area contributed by atoms with Crippen LogP contribution in [0.15, 0.2) is 24.0 Å². The highest BCUT2D eigenvalue weighted by Gasteiger charge is 1.93. The molecule has 0 aliphatic carbocycles. The van der Waals surface area contributed by atoms with Crippen LogP contribution in [0.25, 0.3) is 0 Å². The first-order chi connectivity index (χ1) is 7.06. The molecule has 0 aromatic heterocycles. The van der Waals surface area contributed by atoms with Crippen molar-refractivity contribution in [3.05, 3.63) is 24.0 Å². The Bertz CT molecular complexity index is 237. The van der Waals surface area contributed by atoms with Crippen molar-refractivity contribution in [1.29, 1.82) is 0 Å². The molecule has 0 heterocycles. The molecular weight excluding hydrogens is 188 g/mol. The van der Waals surface area contributed by atoms with Gasteiger partial charge in [-0.25, -0.2) is 0 Å². The summed E-state index contributed by atoms with van der Waals surface area (Å²) in [6, 6.07) is 0. The molecule has 0 aromatic carbocycles.